The zero-order chi connectivity index (χ0) is 9.42. The summed E-state index contributed by atoms with van der Waals surface area (Å²) in [5.41, 5.74) is 2.04. The molecule has 0 fully saturated rings. The van der Waals surface area contributed by atoms with Gasteiger partial charge in [0.1, 0.15) is 0 Å². The number of halogens is 1. The summed E-state index contributed by atoms with van der Waals surface area (Å²) in [7, 11) is 0. The molecule has 1 aromatic carbocycles. The topological polar surface area (TPSA) is 20.3 Å². The lowest BCUT2D eigenvalue weighted by Crippen LogP contribution is -2.22. The molecule has 0 spiro atoms. The molecule has 0 aromatic heterocycles. The minimum Gasteiger partial charge on any atom is -0.335 e. The van der Waals surface area contributed by atoms with E-state index in [-0.39, 0.29) is 5.91 Å². The van der Waals surface area contributed by atoms with E-state index in [4.69, 9.17) is 0 Å². The second-order valence-electron chi connectivity index (χ2n) is 3.12. The van der Waals surface area contributed by atoms with E-state index in [1.165, 1.54) is 9.13 Å². The number of amides is 1. The third-order valence-corrected chi connectivity index (χ3v) is 3.00. The molecule has 13 heavy (non-hydrogen) atoms. The van der Waals surface area contributed by atoms with Gasteiger partial charge in [-0.1, -0.05) is 0 Å². The number of nitrogens with zero attached hydrogens (tertiary/aromatic N) is 1. The van der Waals surface area contributed by atoms with E-state index >= 15 is 0 Å². The lowest BCUT2D eigenvalue weighted by Gasteiger charge is -2.10. The fourth-order valence-corrected chi connectivity index (χ4v) is 2.16. The summed E-state index contributed by atoms with van der Waals surface area (Å²) < 4.78 is 1.20. The van der Waals surface area contributed by atoms with E-state index in [0.29, 0.717) is 0 Å². The first-order chi connectivity index (χ1) is 6.22. The molecule has 0 saturated carbocycles. The van der Waals surface area contributed by atoms with Crippen LogP contribution in [-0.2, 0) is 6.54 Å². The lowest BCUT2D eigenvalue weighted by atomic mass is 10.1. The van der Waals surface area contributed by atoms with Gasteiger partial charge in [-0.05, 0) is 53.3 Å². The molecule has 0 radical (unpaired) electrons. The Morgan fingerprint density at radius 3 is 3.00 bits per heavy atom. The number of carbonyl (C=O) groups excluding carboxylic acids is 1. The van der Waals surface area contributed by atoms with Gasteiger partial charge >= 0.3 is 0 Å². The van der Waals surface area contributed by atoms with Crippen molar-refractivity contribution in [2.75, 3.05) is 6.54 Å². The Balaban J connectivity index is 2.44. The van der Waals surface area contributed by atoms with Crippen molar-refractivity contribution in [3.8, 4) is 0 Å². The fourth-order valence-electron chi connectivity index (χ4n) is 1.60. The largest absolute Gasteiger partial charge is 0.335 e. The van der Waals surface area contributed by atoms with Crippen molar-refractivity contribution >= 4 is 28.5 Å². The molecule has 0 aliphatic carbocycles. The molecule has 1 aliphatic rings. The van der Waals surface area contributed by atoms with Gasteiger partial charge in [0.05, 0.1) is 0 Å². The molecule has 1 heterocycles. The molecule has 1 aliphatic heterocycles. The highest BCUT2D eigenvalue weighted by Gasteiger charge is 2.25. The van der Waals surface area contributed by atoms with Gasteiger partial charge in [0.2, 0.25) is 0 Å². The third kappa shape index (κ3) is 1.45. The maximum atomic E-state index is 11.7. The highest BCUT2D eigenvalue weighted by atomic mass is 127. The summed E-state index contributed by atoms with van der Waals surface area (Å²) in [5, 5.41) is 0. The molecular weight excluding hydrogens is 277 g/mol. The van der Waals surface area contributed by atoms with Crippen LogP contribution in [0.4, 0.5) is 0 Å². The van der Waals surface area contributed by atoms with E-state index in [2.05, 4.69) is 28.7 Å². The summed E-state index contributed by atoms with van der Waals surface area (Å²) in [6, 6.07) is 6.00. The van der Waals surface area contributed by atoms with Crippen LogP contribution in [0.25, 0.3) is 0 Å². The normalized spacial score (nSPS) is 14.9. The highest BCUT2D eigenvalue weighted by molar-refractivity contribution is 14.1. The number of hydrogen-bond acceptors (Lipinski definition) is 1. The second kappa shape index (κ2) is 3.29. The molecule has 0 unspecified atom stereocenters. The van der Waals surface area contributed by atoms with Crippen molar-refractivity contribution in [1.82, 2.24) is 4.90 Å². The number of benzene rings is 1. The third-order valence-electron chi connectivity index (χ3n) is 2.33. The van der Waals surface area contributed by atoms with Gasteiger partial charge in [0, 0.05) is 22.2 Å². The number of hydrogen-bond donors (Lipinski definition) is 0. The van der Waals surface area contributed by atoms with Crippen LogP contribution in [0.15, 0.2) is 18.2 Å². The van der Waals surface area contributed by atoms with Crippen LogP contribution < -0.4 is 0 Å². The van der Waals surface area contributed by atoms with E-state index in [1.807, 2.05) is 24.0 Å². The molecule has 2 rings (SSSR count). The minimum absolute atomic E-state index is 0.175. The smallest absolute Gasteiger partial charge is 0.254 e. The van der Waals surface area contributed by atoms with Crippen LogP contribution >= 0.6 is 22.6 Å². The Kier molecular flexibility index (Phi) is 2.27. The Morgan fingerprint density at radius 2 is 2.31 bits per heavy atom. The summed E-state index contributed by atoms with van der Waals surface area (Å²) in [4.78, 5) is 13.5. The van der Waals surface area contributed by atoms with Crippen molar-refractivity contribution in [3.05, 3.63) is 32.9 Å². The SMILES string of the molecule is CCN1Cc2cc(I)ccc2C1=O. The summed E-state index contributed by atoms with van der Waals surface area (Å²) >= 11 is 2.27. The molecule has 0 atom stereocenters. The molecule has 1 amide bonds. The number of rotatable bonds is 1. The standard InChI is InChI=1S/C10H10INO/c1-2-12-6-7-5-8(11)3-4-9(7)10(12)13/h3-5H,2,6H2,1H3. The van der Waals surface area contributed by atoms with Crippen LogP contribution in [0.1, 0.15) is 22.8 Å². The maximum Gasteiger partial charge on any atom is 0.254 e. The van der Waals surface area contributed by atoms with Crippen LogP contribution in [0.3, 0.4) is 0 Å². The summed E-state index contributed by atoms with van der Waals surface area (Å²) in [6.45, 7) is 3.58. The van der Waals surface area contributed by atoms with E-state index in [1.54, 1.807) is 0 Å². The quantitative estimate of drug-likeness (QED) is 0.726. The summed E-state index contributed by atoms with van der Waals surface area (Å²) in [6.07, 6.45) is 0. The van der Waals surface area contributed by atoms with Crippen LogP contribution in [-0.4, -0.2) is 17.4 Å². The van der Waals surface area contributed by atoms with E-state index in [9.17, 15) is 4.79 Å². The maximum absolute atomic E-state index is 11.7. The monoisotopic (exact) mass is 287 g/mol. The van der Waals surface area contributed by atoms with Gasteiger partial charge < -0.3 is 4.90 Å². The van der Waals surface area contributed by atoms with Gasteiger partial charge in [-0.15, -0.1) is 0 Å². The molecule has 3 heteroatoms. The highest BCUT2D eigenvalue weighted by Crippen LogP contribution is 2.23. The predicted molar refractivity (Wildman–Crippen MR) is 59.6 cm³/mol. The molecule has 0 bridgehead atoms. The van der Waals surface area contributed by atoms with Crippen molar-refractivity contribution in [2.45, 2.75) is 13.5 Å². The van der Waals surface area contributed by atoms with E-state index < -0.39 is 0 Å². The second-order valence-corrected chi connectivity index (χ2v) is 4.37. The van der Waals surface area contributed by atoms with E-state index in [0.717, 1.165) is 18.7 Å². The molecule has 1 aromatic rings. The van der Waals surface area contributed by atoms with Crippen molar-refractivity contribution in [1.29, 1.82) is 0 Å². The van der Waals surface area contributed by atoms with Gasteiger partial charge in [0.25, 0.3) is 5.91 Å². The predicted octanol–water partition coefficient (Wildman–Crippen LogP) is 2.27. The van der Waals surface area contributed by atoms with Gasteiger partial charge in [-0.25, -0.2) is 0 Å². The average molecular weight is 287 g/mol. The van der Waals surface area contributed by atoms with Gasteiger partial charge in [-0.2, -0.15) is 0 Å². The van der Waals surface area contributed by atoms with Gasteiger partial charge in [-0.3, -0.25) is 4.79 Å². The minimum atomic E-state index is 0.175. The van der Waals surface area contributed by atoms with Crippen molar-refractivity contribution in [2.24, 2.45) is 0 Å². The first kappa shape index (κ1) is 8.99. The van der Waals surface area contributed by atoms with Gasteiger partial charge in [0.15, 0.2) is 0 Å². The molecule has 0 saturated heterocycles. The fraction of sp³-hybridized carbons (Fsp3) is 0.300. The number of carbonyl (C=O) groups is 1. The molecular formula is C10H10INO. The summed E-state index contributed by atoms with van der Waals surface area (Å²) in [5.74, 6) is 0.175. The first-order valence-corrected chi connectivity index (χ1v) is 5.38. The van der Waals surface area contributed by atoms with Crippen molar-refractivity contribution < 1.29 is 4.79 Å². The van der Waals surface area contributed by atoms with Crippen LogP contribution in [0.2, 0.25) is 0 Å². The Bertz CT molecular complexity index is 362. The Morgan fingerprint density at radius 1 is 1.54 bits per heavy atom. The molecule has 68 valence electrons. The zero-order valence-corrected chi connectivity index (χ0v) is 9.54. The van der Waals surface area contributed by atoms with Crippen LogP contribution in [0, 0.1) is 3.57 Å². The molecule has 0 N–H and O–H groups in total. The lowest BCUT2D eigenvalue weighted by molar-refractivity contribution is 0.0787. The Hall–Kier alpha value is -0.580. The van der Waals surface area contributed by atoms with Crippen molar-refractivity contribution in [3.63, 3.8) is 0 Å². The zero-order valence-electron chi connectivity index (χ0n) is 7.38. The number of fused-ring (bicyclic) bond motifs is 1. The Labute approximate surface area is 91.1 Å². The average Bonchev–Trinajstić information content (AvgIpc) is 2.42. The first-order valence-electron chi connectivity index (χ1n) is 4.30. The van der Waals surface area contributed by atoms with Crippen LogP contribution in [0.5, 0.6) is 0 Å². The molecule has 2 nitrogen and oxygen atoms in total.